The van der Waals surface area contributed by atoms with Gasteiger partial charge in [0.05, 0.1) is 12.6 Å². The lowest BCUT2D eigenvalue weighted by Crippen LogP contribution is -2.66. The lowest BCUT2D eigenvalue weighted by Gasteiger charge is -2.56. The first-order valence-corrected chi connectivity index (χ1v) is 10.7. The molecule has 5 nitrogen and oxygen atoms in total. The van der Waals surface area contributed by atoms with Crippen molar-refractivity contribution in [1.29, 1.82) is 0 Å². The maximum atomic E-state index is 13.3. The van der Waals surface area contributed by atoms with Crippen LogP contribution in [0.1, 0.15) is 36.8 Å². The van der Waals surface area contributed by atoms with E-state index in [4.69, 9.17) is 0 Å². The zero-order valence-corrected chi connectivity index (χ0v) is 16.0. The van der Waals surface area contributed by atoms with Gasteiger partial charge in [-0.25, -0.2) is 0 Å². The van der Waals surface area contributed by atoms with Crippen molar-refractivity contribution < 1.29 is 9.90 Å². The minimum atomic E-state index is -0.103. The third kappa shape index (κ3) is 3.10. The van der Waals surface area contributed by atoms with Crippen LogP contribution in [0.3, 0.4) is 0 Å². The molecule has 2 bridgehead atoms. The summed E-state index contributed by atoms with van der Waals surface area (Å²) < 4.78 is 0. The molecule has 4 aliphatic heterocycles. The molecule has 5 atom stereocenters. The number of aliphatic hydroxyl groups excluding tert-OH is 1. The monoisotopic (exact) mass is 369 g/mol. The van der Waals surface area contributed by atoms with Gasteiger partial charge >= 0.3 is 0 Å². The lowest BCUT2D eigenvalue weighted by atomic mass is 9.72. The van der Waals surface area contributed by atoms with Gasteiger partial charge in [-0.3, -0.25) is 9.69 Å². The van der Waals surface area contributed by atoms with E-state index in [0.717, 1.165) is 32.6 Å². The minimum Gasteiger partial charge on any atom is -0.395 e. The van der Waals surface area contributed by atoms with Crippen LogP contribution in [-0.2, 0) is 17.8 Å². The predicted molar refractivity (Wildman–Crippen MR) is 104 cm³/mol. The molecule has 0 aromatic heterocycles. The molecule has 1 aromatic rings. The number of likely N-dealkylation sites (tertiary alicyclic amines) is 1. The first-order valence-electron chi connectivity index (χ1n) is 10.7. The van der Waals surface area contributed by atoms with E-state index in [-0.39, 0.29) is 24.6 Å². The third-order valence-corrected chi connectivity index (χ3v) is 7.50. The van der Waals surface area contributed by atoms with Crippen LogP contribution in [0, 0.1) is 11.8 Å². The molecule has 0 unspecified atom stereocenters. The number of benzene rings is 1. The largest absolute Gasteiger partial charge is 0.395 e. The summed E-state index contributed by atoms with van der Waals surface area (Å²) in [5.41, 5.74) is 2.62. The first-order chi connectivity index (χ1) is 13.2. The fourth-order valence-corrected chi connectivity index (χ4v) is 6.19. The van der Waals surface area contributed by atoms with Crippen LogP contribution in [0.25, 0.3) is 0 Å². The number of aliphatic hydroxyl groups is 1. The summed E-state index contributed by atoms with van der Waals surface area (Å²) in [4.78, 5) is 18.0. The molecule has 4 aliphatic rings. The summed E-state index contributed by atoms with van der Waals surface area (Å²) >= 11 is 0. The Morgan fingerprint density at radius 1 is 1.15 bits per heavy atom. The van der Waals surface area contributed by atoms with Gasteiger partial charge in [0.2, 0.25) is 5.91 Å². The van der Waals surface area contributed by atoms with Crippen molar-refractivity contribution in [3.8, 4) is 0 Å². The standard InChI is InChI=1S/C22H31N3O2/c26-14-21-18-9-17(20-7-3-4-8-25(20)21)12-24(13-18)22(27)19-10-15-5-1-2-6-16(15)11-23-19/h1-2,5-6,17-21,23,26H,3-4,7-14H2/t17-,18+,19-,20+,21+/m1/s1. The van der Waals surface area contributed by atoms with E-state index in [0.29, 0.717) is 17.9 Å². The highest BCUT2D eigenvalue weighted by molar-refractivity contribution is 5.82. The minimum absolute atomic E-state index is 0.103. The number of piperidine rings is 3. The molecule has 2 N–H and O–H groups in total. The van der Waals surface area contributed by atoms with Crippen LogP contribution in [0.4, 0.5) is 0 Å². The molecule has 0 radical (unpaired) electrons. The number of fused-ring (bicyclic) bond motifs is 5. The summed E-state index contributed by atoms with van der Waals surface area (Å²) in [7, 11) is 0. The van der Waals surface area contributed by atoms with Gasteiger partial charge in [-0.2, -0.15) is 0 Å². The Bertz CT molecular complexity index is 695. The van der Waals surface area contributed by atoms with Crippen LogP contribution < -0.4 is 5.32 Å². The number of carbonyl (C=O) groups is 1. The van der Waals surface area contributed by atoms with Gasteiger partial charge in [0, 0.05) is 31.7 Å². The van der Waals surface area contributed by atoms with Gasteiger partial charge in [-0.1, -0.05) is 30.7 Å². The molecule has 146 valence electrons. The van der Waals surface area contributed by atoms with Crippen molar-refractivity contribution in [3.05, 3.63) is 35.4 Å². The number of hydrogen-bond donors (Lipinski definition) is 2. The average molecular weight is 370 g/mol. The molecule has 27 heavy (non-hydrogen) atoms. The highest BCUT2D eigenvalue weighted by Crippen LogP contribution is 2.41. The van der Waals surface area contributed by atoms with E-state index in [1.54, 1.807) is 0 Å². The van der Waals surface area contributed by atoms with Gasteiger partial charge in [0.15, 0.2) is 0 Å². The van der Waals surface area contributed by atoms with E-state index in [1.165, 1.54) is 36.8 Å². The fraction of sp³-hybridized carbons (Fsp3) is 0.682. The van der Waals surface area contributed by atoms with Gasteiger partial charge in [0.1, 0.15) is 0 Å². The average Bonchev–Trinajstić information content (AvgIpc) is 2.73. The Morgan fingerprint density at radius 3 is 2.81 bits per heavy atom. The quantitative estimate of drug-likeness (QED) is 0.827. The Labute approximate surface area is 161 Å². The van der Waals surface area contributed by atoms with Crippen molar-refractivity contribution in [2.45, 2.75) is 56.8 Å². The maximum Gasteiger partial charge on any atom is 0.240 e. The number of amides is 1. The van der Waals surface area contributed by atoms with Crippen LogP contribution in [0.2, 0.25) is 0 Å². The van der Waals surface area contributed by atoms with E-state index < -0.39 is 0 Å². The highest BCUT2D eigenvalue weighted by atomic mass is 16.3. The molecule has 1 amide bonds. The highest BCUT2D eigenvalue weighted by Gasteiger charge is 2.48. The topological polar surface area (TPSA) is 55.8 Å². The Kier molecular flexibility index (Phi) is 4.70. The molecule has 0 spiro atoms. The Morgan fingerprint density at radius 2 is 1.96 bits per heavy atom. The van der Waals surface area contributed by atoms with Crippen molar-refractivity contribution in [2.24, 2.45) is 11.8 Å². The molecule has 1 aromatic carbocycles. The number of carbonyl (C=O) groups excluding carboxylic acids is 1. The molecule has 0 saturated carbocycles. The number of nitrogens with one attached hydrogen (secondary N) is 1. The number of hydrogen-bond acceptors (Lipinski definition) is 4. The van der Waals surface area contributed by atoms with Gasteiger partial charge < -0.3 is 15.3 Å². The van der Waals surface area contributed by atoms with Crippen LogP contribution in [0.15, 0.2) is 24.3 Å². The van der Waals surface area contributed by atoms with Crippen LogP contribution >= 0.6 is 0 Å². The summed E-state index contributed by atoms with van der Waals surface area (Å²) in [5, 5.41) is 13.5. The summed E-state index contributed by atoms with van der Waals surface area (Å²) in [6.45, 7) is 3.84. The normalized spacial score (nSPS) is 36.0. The molecule has 5 rings (SSSR count). The molecular formula is C22H31N3O2. The SMILES string of the molecule is O=C([C@H]1Cc2ccccc2CN1)N1C[C@H]2C[C@@H](C1)[C@H](CO)N1CCCC[C@@H]21. The summed E-state index contributed by atoms with van der Waals surface area (Å²) in [6.07, 6.45) is 5.73. The Hall–Kier alpha value is -1.43. The number of nitrogens with zero attached hydrogens (tertiary/aromatic N) is 2. The zero-order valence-electron chi connectivity index (χ0n) is 16.0. The molecule has 0 aliphatic carbocycles. The van der Waals surface area contributed by atoms with E-state index in [2.05, 4.69) is 39.4 Å². The lowest BCUT2D eigenvalue weighted by molar-refractivity contribution is -0.144. The Balaban J connectivity index is 1.32. The predicted octanol–water partition coefficient (Wildman–Crippen LogP) is 1.39. The molecule has 5 heteroatoms. The first kappa shape index (κ1) is 17.7. The molecule has 4 heterocycles. The molecular weight excluding hydrogens is 338 g/mol. The third-order valence-electron chi connectivity index (χ3n) is 7.50. The van der Waals surface area contributed by atoms with Crippen molar-refractivity contribution in [2.75, 3.05) is 26.2 Å². The van der Waals surface area contributed by atoms with E-state index in [9.17, 15) is 9.90 Å². The van der Waals surface area contributed by atoms with Crippen LogP contribution in [0.5, 0.6) is 0 Å². The van der Waals surface area contributed by atoms with Gasteiger partial charge in [-0.15, -0.1) is 0 Å². The second kappa shape index (κ2) is 7.19. The summed E-state index contributed by atoms with van der Waals surface area (Å²) in [6, 6.07) is 9.14. The molecule has 3 saturated heterocycles. The van der Waals surface area contributed by atoms with Crippen LogP contribution in [-0.4, -0.2) is 65.2 Å². The number of rotatable bonds is 2. The second-order valence-electron chi connectivity index (χ2n) is 8.96. The van der Waals surface area contributed by atoms with Crippen molar-refractivity contribution in [3.63, 3.8) is 0 Å². The van der Waals surface area contributed by atoms with E-state index in [1.807, 2.05) is 0 Å². The van der Waals surface area contributed by atoms with E-state index >= 15 is 0 Å². The second-order valence-corrected chi connectivity index (χ2v) is 8.96. The summed E-state index contributed by atoms with van der Waals surface area (Å²) in [5.74, 6) is 1.26. The van der Waals surface area contributed by atoms with Gasteiger partial charge in [0.25, 0.3) is 0 Å². The smallest absolute Gasteiger partial charge is 0.240 e. The molecule has 3 fully saturated rings. The fourth-order valence-electron chi connectivity index (χ4n) is 6.19. The van der Waals surface area contributed by atoms with Gasteiger partial charge in [-0.05, 0) is 55.2 Å². The zero-order chi connectivity index (χ0) is 18.4. The van der Waals surface area contributed by atoms with Crippen molar-refractivity contribution >= 4 is 5.91 Å². The maximum absolute atomic E-state index is 13.3. The van der Waals surface area contributed by atoms with Crippen molar-refractivity contribution in [1.82, 2.24) is 15.1 Å².